The lowest BCUT2D eigenvalue weighted by atomic mass is 10.0. The van der Waals surface area contributed by atoms with Crippen LogP contribution in [0.5, 0.6) is 0 Å². The van der Waals surface area contributed by atoms with Crippen LogP contribution in [0.4, 0.5) is 11.6 Å². The van der Waals surface area contributed by atoms with E-state index in [1.165, 1.54) is 4.88 Å². The van der Waals surface area contributed by atoms with Gasteiger partial charge in [0.1, 0.15) is 23.0 Å². The second-order valence-electron chi connectivity index (χ2n) is 7.49. The smallest absolute Gasteiger partial charge is 0.134 e. The summed E-state index contributed by atoms with van der Waals surface area (Å²) < 4.78 is 0. The minimum Gasteiger partial charge on any atom is -0.394 e. The van der Waals surface area contributed by atoms with Gasteiger partial charge < -0.3 is 15.3 Å². The van der Waals surface area contributed by atoms with Gasteiger partial charge in [0.05, 0.1) is 24.4 Å². The number of aromatic nitrogens is 3. The standard InChI is InChI=1S/C22H27N5OS/c1-15(21-16(2)26-22(29-21)17-8-4-3-5-9-17)25-19-12-20(24-14-23-19)27-11-7-6-10-18(27)13-28/h3-5,8-9,12,14-15,18,28H,6-7,10-11,13H2,1-2H3,(H,23,24,25). The van der Waals surface area contributed by atoms with E-state index in [1.54, 1.807) is 17.7 Å². The summed E-state index contributed by atoms with van der Waals surface area (Å²) in [6.07, 6.45) is 4.88. The van der Waals surface area contributed by atoms with Gasteiger partial charge in [0, 0.05) is 23.1 Å². The van der Waals surface area contributed by atoms with E-state index in [-0.39, 0.29) is 18.7 Å². The topological polar surface area (TPSA) is 74.2 Å². The molecule has 0 spiro atoms. The lowest BCUT2D eigenvalue weighted by molar-refractivity contribution is 0.239. The van der Waals surface area contributed by atoms with Crippen molar-refractivity contribution in [3.63, 3.8) is 0 Å². The molecule has 1 aliphatic rings. The Morgan fingerprint density at radius 1 is 1.24 bits per heavy atom. The number of nitrogens with one attached hydrogen (secondary N) is 1. The number of anilines is 2. The molecule has 3 aromatic rings. The molecule has 2 aromatic heterocycles. The predicted molar refractivity (Wildman–Crippen MR) is 118 cm³/mol. The van der Waals surface area contributed by atoms with Gasteiger partial charge >= 0.3 is 0 Å². The maximum Gasteiger partial charge on any atom is 0.134 e. The van der Waals surface area contributed by atoms with Crippen LogP contribution in [0.1, 0.15) is 42.8 Å². The van der Waals surface area contributed by atoms with E-state index in [4.69, 9.17) is 4.98 Å². The van der Waals surface area contributed by atoms with Crippen molar-refractivity contribution in [3.05, 3.63) is 53.3 Å². The fourth-order valence-corrected chi connectivity index (χ4v) is 4.95. The molecule has 1 fully saturated rings. The van der Waals surface area contributed by atoms with Crippen molar-refractivity contribution in [3.8, 4) is 10.6 Å². The highest BCUT2D eigenvalue weighted by Crippen LogP contribution is 2.33. The van der Waals surface area contributed by atoms with E-state index in [2.05, 4.69) is 46.2 Å². The Hall–Kier alpha value is -2.51. The Morgan fingerprint density at radius 2 is 2.07 bits per heavy atom. The zero-order valence-corrected chi connectivity index (χ0v) is 17.7. The summed E-state index contributed by atoms with van der Waals surface area (Å²) in [4.78, 5) is 17.0. The third kappa shape index (κ3) is 4.41. The van der Waals surface area contributed by atoms with Gasteiger partial charge in [-0.3, -0.25) is 0 Å². The van der Waals surface area contributed by atoms with Crippen molar-refractivity contribution in [1.82, 2.24) is 15.0 Å². The lowest BCUT2D eigenvalue weighted by Gasteiger charge is -2.35. The number of piperidine rings is 1. The number of aliphatic hydroxyl groups is 1. The summed E-state index contributed by atoms with van der Waals surface area (Å²) in [6, 6.07) is 12.5. The fraction of sp³-hybridized carbons (Fsp3) is 0.409. The number of nitrogens with zero attached hydrogens (tertiary/aromatic N) is 4. The van der Waals surface area contributed by atoms with Crippen LogP contribution in [-0.2, 0) is 0 Å². The molecule has 152 valence electrons. The second-order valence-corrected chi connectivity index (χ2v) is 8.52. The van der Waals surface area contributed by atoms with Gasteiger partial charge in [-0.05, 0) is 33.1 Å². The number of aryl methyl sites for hydroxylation is 1. The molecular weight excluding hydrogens is 382 g/mol. The number of hydrogen-bond donors (Lipinski definition) is 2. The summed E-state index contributed by atoms with van der Waals surface area (Å²) in [5, 5.41) is 14.2. The molecule has 0 radical (unpaired) electrons. The van der Waals surface area contributed by atoms with Crippen molar-refractivity contribution in [1.29, 1.82) is 0 Å². The summed E-state index contributed by atoms with van der Waals surface area (Å²) in [6.45, 7) is 5.27. The molecule has 0 amide bonds. The molecule has 0 aliphatic carbocycles. The number of aliphatic hydroxyl groups excluding tert-OH is 1. The molecule has 0 bridgehead atoms. The predicted octanol–water partition coefficient (Wildman–Crippen LogP) is 4.43. The lowest BCUT2D eigenvalue weighted by Crippen LogP contribution is -2.42. The summed E-state index contributed by atoms with van der Waals surface area (Å²) in [5.74, 6) is 1.67. The van der Waals surface area contributed by atoms with Gasteiger partial charge in [-0.15, -0.1) is 11.3 Å². The third-order valence-electron chi connectivity index (χ3n) is 5.40. The van der Waals surface area contributed by atoms with Crippen molar-refractivity contribution >= 4 is 23.0 Å². The molecule has 4 rings (SSSR count). The largest absolute Gasteiger partial charge is 0.394 e. The normalized spacial score (nSPS) is 17.9. The summed E-state index contributed by atoms with van der Waals surface area (Å²) in [5.41, 5.74) is 2.18. The molecule has 29 heavy (non-hydrogen) atoms. The van der Waals surface area contributed by atoms with Crippen LogP contribution in [0.15, 0.2) is 42.7 Å². The van der Waals surface area contributed by atoms with E-state index in [9.17, 15) is 5.11 Å². The SMILES string of the molecule is Cc1nc(-c2ccccc2)sc1C(C)Nc1cc(N2CCCCC2CO)ncn1. The second kappa shape index (κ2) is 8.88. The van der Waals surface area contributed by atoms with Crippen LogP contribution < -0.4 is 10.2 Å². The van der Waals surface area contributed by atoms with E-state index < -0.39 is 0 Å². The van der Waals surface area contributed by atoms with Crippen molar-refractivity contribution in [2.24, 2.45) is 0 Å². The average Bonchev–Trinajstić information content (AvgIpc) is 3.16. The first-order valence-electron chi connectivity index (χ1n) is 10.1. The first kappa shape index (κ1) is 19.8. The number of hydrogen-bond acceptors (Lipinski definition) is 7. The number of benzene rings is 1. The van der Waals surface area contributed by atoms with Gasteiger partial charge in [-0.25, -0.2) is 15.0 Å². The van der Waals surface area contributed by atoms with Gasteiger partial charge in [-0.1, -0.05) is 30.3 Å². The Balaban J connectivity index is 1.52. The average molecular weight is 410 g/mol. The van der Waals surface area contributed by atoms with Gasteiger partial charge in [0.25, 0.3) is 0 Å². The van der Waals surface area contributed by atoms with Gasteiger partial charge in [0.15, 0.2) is 0 Å². The Bertz CT molecular complexity index is 945. The highest BCUT2D eigenvalue weighted by molar-refractivity contribution is 7.15. The summed E-state index contributed by atoms with van der Waals surface area (Å²) in [7, 11) is 0. The molecule has 2 N–H and O–H groups in total. The van der Waals surface area contributed by atoms with Gasteiger partial charge in [-0.2, -0.15) is 0 Å². The van der Waals surface area contributed by atoms with Crippen molar-refractivity contribution in [2.75, 3.05) is 23.4 Å². The molecular formula is C22H27N5OS. The minimum absolute atomic E-state index is 0.0858. The highest BCUT2D eigenvalue weighted by Gasteiger charge is 2.23. The van der Waals surface area contributed by atoms with Crippen LogP contribution in [0, 0.1) is 6.92 Å². The van der Waals surface area contributed by atoms with Crippen LogP contribution >= 0.6 is 11.3 Å². The van der Waals surface area contributed by atoms with Gasteiger partial charge in [0.2, 0.25) is 0 Å². The maximum absolute atomic E-state index is 9.71. The Labute approximate surface area is 175 Å². The highest BCUT2D eigenvalue weighted by atomic mass is 32.1. The minimum atomic E-state index is 0.0858. The van der Waals surface area contributed by atoms with E-state index in [0.717, 1.165) is 53.7 Å². The molecule has 1 aromatic carbocycles. The molecule has 0 saturated carbocycles. The molecule has 2 atom stereocenters. The van der Waals surface area contributed by atoms with E-state index in [1.807, 2.05) is 24.3 Å². The summed E-state index contributed by atoms with van der Waals surface area (Å²) >= 11 is 1.72. The maximum atomic E-state index is 9.71. The van der Waals surface area contributed by atoms with Crippen LogP contribution in [0.25, 0.3) is 10.6 Å². The number of thiazole rings is 1. The first-order valence-corrected chi connectivity index (χ1v) is 11.0. The third-order valence-corrected chi connectivity index (χ3v) is 6.78. The fourth-order valence-electron chi connectivity index (χ4n) is 3.88. The number of rotatable bonds is 6. The Kier molecular flexibility index (Phi) is 6.06. The van der Waals surface area contributed by atoms with Crippen LogP contribution in [0.3, 0.4) is 0 Å². The van der Waals surface area contributed by atoms with Crippen molar-refractivity contribution < 1.29 is 5.11 Å². The quantitative estimate of drug-likeness (QED) is 0.627. The molecule has 1 aliphatic heterocycles. The zero-order valence-electron chi connectivity index (χ0n) is 16.9. The molecule has 6 nitrogen and oxygen atoms in total. The molecule has 2 unspecified atom stereocenters. The molecule has 1 saturated heterocycles. The first-order chi connectivity index (χ1) is 14.2. The van der Waals surface area contributed by atoms with E-state index in [0.29, 0.717) is 0 Å². The molecule has 7 heteroatoms. The molecule has 3 heterocycles. The monoisotopic (exact) mass is 409 g/mol. The van der Waals surface area contributed by atoms with E-state index >= 15 is 0 Å². The van der Waals surface area contributed by atoms with Crippen LogP contribution in [-0.4, -0.2) is 39.3 Å². The van der Waals surface area contributed by atoms with Crippen molar-refractivity contribution in [2.45, 2.75) is 45.2 Å². The van der Waals surface area contributed by atoms with Crippen LogP contribution in [0.2, 0.25) is 0 Å². The zero-order chi connectivity index (χ0) is 20.2. The Morgan fingerprint density at radius 3 is 2.86 bits per heavy atom.